The first-order valence-corrected chi connectivity index (χ1v) is 11.6. The highest BCUT2D eigenvalue weighted by Crippen LogP contribution is 2.29. The van der Waals surface area contributed by atoms with Crippen molar-refractivity contribution in [1.82, 2.24) is 19.6 Å². The van der Waals surface area contributed by atoms with Crippen LogP contribution in [0.25, 0.3) is 0 Å². The fourth-order valence-corrected chi connectivity index (χ4v) is 4.69. The predicted octanol–water partition coefficient (Wildman–Crippen LogP) is 2.16. The summed E-state index contributed by atoms with van der Waals surface area (Å²) < 4.78 is 13.3. The summed E-state index contributed by atoms with van der Waals surface area (Å²) in [5, 5.41) is 14.7. The second kappa shape index (κ2) is 11.0. The average Bonchev–Trinajstić information content (AvgIpc) is 3.04. The molecule has 1 saturated heterocycles. The minimum atomic E-state index is -0.508. The molecule has 2 heterocycles. The maximum atomic E-state index is 10.3. The molecule has 7 nitrogen and oxygen atoms in total. The number of aliphatic hydroxyl groups is 1. The zero-order valence-corrected chi connectivity index (χ0v) is 19.3. The van der Waals surface area contributed by atoms with E-state index in [-0.39, 0.29) is 6.61 Å². The van der Waals surface area contributed by atoms with Gasteiger partial charge in [0, 0.05) is 63.0 Å². The first-order chi connectivity index (χ1) is 14.4. The lowest BCUT2D eigenvalue weighted by Gasteiger charge is -2.28. The highest BCUT2D eigenvalue weighted by atomic mass is 32.2. The lowest BCUT2D eigenvalue weighted by atomic mass is 10.1. The molecule has 8 heteroatoms. The molecule has 1 atom stereocenters. The van der Waals surface area contributed by atoms with E-state index >= 15 is 0 Å². The first kappa shape index (κ1) is 22.9. The number of β-amino-alcohol motifs (C(OH)–C–C–N with tert-alkyl or cyclic N) is 1. The van der Waals surface area contributed by atoms with Crippen molar-refractivity contribution in [2.45, 2.75) is 26.1 Å². The molecule has 1 fully saturated rings. The third kappa shape index (κ3) is 6.63. The molecule has 2 aromatic rings. The number of methoxy groups -OCH3 is 1. The Morgan fingerprint density at radius 3 is 2.67 bits per heavy atom. The van der Waals surface area contributed by atoms with Crippen molar-refractivity contribution >= 4 is 11.8 Å². The number of rotatable bonds is 10. The molecular formula is C22H34N4O3S. The summed E-state index contributed by atoms with van der Waals surface area (Å²) >= 11 is 1.97. The Hall–Kier alpha value is -1.74. The van der Waals surface area contributed by atoms with E-state index in [0.717, 1.165) is 48.9 Å². The Kier molecular flexibility index (Phi) is 8.44. The van der Waals surface area contributed by atoms with Crippen molar-refractivity contribution in [3.8, 4) is 11.5 Å². The highest BCUT2D eigenvalue weighted by molar-refractivity contribution is 7.99. The predicted molar refractivity (Wildman–Crippen MR) is 121 cm³/mol. The van der Waals surface area contributed by atoms with Crippen LogP contribution < -0.4 is 9.47 Å². The molecule has 3 rings (SSSR count). The van der Waals surface area contributed by atoms with Gasteiger partial charge in [0.15, 0.2) is 11.5 Å². The molecule has 1 unspecified atom stereocenters. The smallest absolute Gasteiger partial charge is 0.161 e. The van der Waals surface area contributed by atoms with Gasteiger partial charge < -0.3 is 14.6 Å². The third-order valence-electron chi connectivity index (χ3n) is 5.24. The number of aliphatic hydroxyl groups excluding tert-OH is 1. The number of hydrogen-bond acceptors (Lipinski definition) is 7. The second-order valence-corrected chi connectivity index (χ2v) is 9.17. The summed E-state index contributed by atoms with van der Waals surface area (Å²) in [6.45, 7) is 6.65. The van der Waals surface area contributed by atoms with Crippen LogP contribution in [0.3, 0.4) is 0 Å². The first-order valence-electron chi connectivity index (χ1n) is 10.4. The van der Waals surface area contributed by atoms with Gasteiger partial charge >= 0.3 is 0 Å². The van der Waals surface area contributed by atoms with Crippen molar-refractivity contribution in [3.05, 3.63) is 41.2 Å². The van der Waals surface area contributed by atoms with Crippen molar-refractivity contribution in [2.75, 3.05) is 51.9 Å². The molecule has 0 amide bonds. The van der Waals surface area contributed by atoms with Gasteiger partial charge in [0.1, 0.15) is 12.7 Å². The van der Waals surface area contributed by atoms with Gasteiger partial charge in [-0.3, -0.25) is 14.5 Å². The number of thioether (sulfide) groups is 1. The van der Waals surface area contributed by atoms with Crippen LogP contribution in [0.4, 0.5) is 0 Å². The summed E-state index contributed by atoms with van der Waals surface area (Å²) in [6.07, 6.45) is 1.56. The lowest BCUT2D eigenvalue weighted by Crippen LogP contribution is -2.40. The number of aryl methyl sites for hydroxylation is 2. The fraction of sp³-hybridized carbons (Fsp3) is 0.591. The van der Waals surface area contributed by atoms with Gasteiger partial charge in [-0.25, -0.2) is 0 Å². The van der Waals surface area contributed by atoms with E-state index in [2.05, 4.69) is 34.2 Å². The van der Waals surface area contributed by atoms with Crippen molar-refractivity contribution in [2.24, 2.45) is 7.05 Å². The molecule has 1 aliphatic rings. The minimum Gasteiger partial charge on any atom is -0.493 e. The van der Waals surface area contributed by atoms with Crippen molar-refractivity contribution < 1.29 is 14.6 Å². The molecule has 30 heavy (non-hydrogen) atoms. The fourth-order valence-electron chi connectivity index (χ4n) is 3.71. The zero-order valence-electron chi connectivity index (χ0n) is 18.5. The Balaban J connectivity index is 1.52. The SMILES string of the molecule is COc1cc(CN(C)Cc2cn(C)nc2C)ccc1OCC(O)CN1CCSCC1. The van der Waals surface area contributed by atoms with Crippen molar-refractivity contribution in [3.63, 3.8) is 0 Å². The highest BCUT2D eigenvalue weighted by Gasteiger charge is 2.16. The van der Waals surface area contributed by atoms with Gasteiger partial charge in [-0.05, 0) is 31.7 Å². The summed E-state index contributed by atoms with van der Waals surface area (Å²) in [6, 6.07) is 6.00. The van der Waals surface area contributed by atoms with E-state index in [4.69, 9.17) is 9.47 Å². The number of ether oxygens (including phenoxy) is 2. The van der Waals surface area contributed by atoms with Crippen LogP contribution >= 0.6 is 11.8 Å². The van der Waals surface area contributed by atoms with Gasteiger partial charge in [-0.1, -0.05) is 6.07 Å². The molecule has 0 aliphatic carbocycles. The standard InChI is InChI=1S/C22H34N4O3S/c1-17-19(14-25(3)23-17)13-24(2)12-18-5-6-21(22(11-18)28-4)29-16-20(27)15-26-7-9-30-10-8-26/h5-6,11,14,20,27H,7-10,12-13,15-16H2,1-4H3. The summed E-state index contributed by atoms with van der Waals surface area (Å²) in [7, 11) is 5.69. The summed E-state index contributed by atoms with van der Waals surface area (Å²) in [5.41, 5.74) is 3.44. The Labute approximate surface area is 183 Å². The normalized spacial score (nSPS) is 16.1. The van der Waals surface area contributed by atoms with Gasteiger partial charge in [-0.2, -0.15) is 16.9 Å². The summed E-state index contributed by atoms with van der Waals surface area (Å²) in [4.78, 5) is 4.55. The second-order valence-electron chi connectivity index (χ2n) is 7.95. The van der Waals surface area contributed by atoms with Crippen LogP contribution in [-0.4, -0.2) is 82.7 Å². The molecule has 1 N–H and O–H groups in total. The Morgan fingerprint density at radius 2 is 2.00 bits per heavy atom. The van der Waals surface area contributed by atoms with Gasteiger partial charge in [0.25, 0.3) is 0 Å². The van der Waals surface area contributed by atoms with Gasteiger partial charge in [0.05, 0.1) is 12.8 Å². The monoisotopic (exact) mass is 434 g/mol. The number of hydrogen-bond donors (Lipinski definition) is 1. The van der Waals surface area contributed by atoms with E-state index in [1.807, 2.05) is 42.5 Å². The zero-order chi connectivity index (χ0) is 21.5. The van der Waals surface area contributed by atoms with Crippen LogP contribution in [0.2, 0.25) is 0 Å². The molecule has 0 saturated carbocycles. The van der Waals surface area contributed by atoms with Crippen LogP contribution in [0.1, 0.15) is 16.8 Å². The number of nitrogens with zero attached hydrogens (tertiary/aromatic N) is 4. The molecule has 1 aromatic carbocycles. The van der Waals surface area contributed by atoms with Gasteiger partial charge in [-0.15, -0.1) is 0 Å². The largest absolute Gasteiger partial charge is 0.493 e. The number of aromatic nitrogens is 2. The lowest BCUT2D eigenvalue weighted by molar-refractivity contribution is 0.0704. The molecule has 166 valence electrons. The molecule has 0 radical (unpaired) electrons. The van der Waals surface area contributed by atoms with Crippen LogP contribution in [-0.2, 0) is 20.1 Å². The molecule has 0 bridgehead atoms. The minimum absolute atomic E-state index is 0.263. The maximum Gasteiger partial charge on any atom is 0.161 e. The topological polar surface area (TPSA) is 63.0 Å². The number of benzene rings is 1. The maximum absolute atomic E-state index is 10.3. The average molecular weight is 435 g/mol. The Morgan fingerprint density at radius 1 is 1.23 bits per heavy atom. The van der Waals surface area contributed by atoms with E-state index in [0.29, 0.717) is 18.0 Å². The van der Waals surface area contributed by atoms with E-state index in [1.165, 1.54) is 5.56 Å². The molecule has 0 spiro atoms. The van der Waals surface area contributed by atoms with Crippen LogP contribution in [0.15, 0.2) is 24.4 Å². The molecular weight excluding hydrogens is 400 g/mol. The molecule has 1 aliphatic heterocycles. The van der Waals surface area contributed by atoms with E-state index in [9.17, 15) is 5.11 Å². The van der Waals surface area contributed by atoms with E-state index in [1.54, 1.807) is 7.11 Å². The van der Waals surface area contributed by atoms with Crippen molar-refractivity contribution in [1.29, 1.82) is 0 Å². The van der Waals surface area contributed by atoms with Gasteiger partial charge in [0.2, 0.25) is 0 Å². The van der Waals surface area contributed by atoms with Crippen LogP contribution in [0, 0.1) is 6.92 Å². The Bertz CT molecular complexity index is 808. The quantitative estimate of drug-likeness (QED) is 0.615. The van der Waals surface area contributed by atoms with Crippen LogP contribution in [0.5, 0.6) is 11.5 Å². The van der Waals surface area contributed by atoms with E-state index < -0.39 is 6.10 Å². The summed E-state index contributed by atoms with van der Waals surface area (Å²) in [5.74, 6) is 3.63. The molecule has 1 aromatic heterocycles. The third-order valence-corrected chi connectivity index (χ3v) is 6.18.